The highest BCUT2D eigenvalue weighted by molar-refractivity contribution is 7.12. The van der Waals surface area contributed by atoms with E-state index in [9.17, 15) is 4.79 Å². The van der Waals surface area contributed by atoms with Crippen LogP contribution in [-0.2, 0) is 13.2 Å². The summed E-state index contributed by atoms with van der Waals surface area (Å²) in [6.07, 6.45) is 0. The van der Waals surface area contributed by atoms with Crippen LogP contribution in [0.15, 0.2) is 90.3 Å². The van der Waals surface area contributed by atoms with E-state index in [4.69, 9.17) is 14.2 Å². The van der Waals surface area contributed by atoms with Crippen LogP contribution in [0.4, 0.5) is 5.69 Å². The van der Waals surface area contributed by atoms with Crippen LogP contribution < -0.4 is 19.1 Å². The lowest BCUT2D eigenvalue weighted by molar-refractivity contribution is 0.0989. The summed E-state index contributed by atoms with van der Waals surface area (Å²) in [5, 5.41) is 1.96. The van der Waals surface area contributed by atoms with Crippen LogP contribution >= 0.6 is 11.3 Å². The molecule has 0 saturated carbocycles. The lowest BCUT2D eigenvalue weighted by Gasteiger charge is -2.22. The molecule has 0 aliphatic carbocycles. The quantitative estimate of drug-likeness (QED) is 0.357. The van der Waals surface area contributed by atoms with Crippen LogP contribution in [0.5, 0.6) is 17.2 Å². The van der Waals surface area contributed by atoms with Crippen molar-refractivity contribution in [3.05, 3.63) is 106 Å². The lowest BCUT2D eigenvalue weighted by Crippen LogP contribution is -2.29. The Morgan fingerprint density at radius 3 is 2.44 bits per heavy atom. The summed E-state index contributed by atoms with van der Waals surface area (Å²) in [5.74, 6) is 2.07. The molecule has 0 atom stereocenters. The normalized spacial score (nSPS) is 11.9. The van der Waals surface area contributed by atoms with E-state index in [2.05, 4.69) is 0 Å². The van der Waals surface area contributed by atoms with Crippen molar-refractivity contribution in [1.82, 2.24) is 0 Å². The Labute approximate surface area is 190 Å². The third-order valence-electron chi connectivity index (χ3n) is 5.11. The predicted molar refractivity (Wildman–Crippen MR) is 125 cm³/mol. The van der Waals surface area contributed by atoms with Gasteiger partial charge in [0, 0.05) is 17.3 Å². The van der Waals surface area contributed by atoms with Crippen molar-refractivity contribution in [2.45, 2.75) is 13.2 Å². The minimum absolute atomic E-state index is 0.0283. The highest BCUT2D eigenvalue weighted by atomic mass is 32.1. The number of ether oxygens (including phenoxy) is 3. The van der Waals surface area contributed by atoms with E-state index < -0.39 is 0 Å². The molecule has 0 fully saturated rings. The molecule has 0 unspecified atom stereocenters. The minimum Gasteiger partial charge on any atom is -0.489 e. The molecular weight excluding hydrogens is 422 g/mol. The van der Waals surface area contributed by atoms with E-state index in [0.717, 1.165) is 22.6 Å². The van der Waals surface area contributed by atoms with Crippen molar-refractivity contribution in [2.24, 2.45) is 0 Å². The molecule has 6 heteroatoms. The molecule has 0 saturated heterocycles. The number of thiophene rings is 1. The van der Waals surface area contributed by atoms with Crippen LogP contribution in [0, 0.1) is 0 Å². The molecule has 4 aromatic rings. The summed E-state index contributed by atoms with van der Waals surface area (Å²) in [7, 11) is 0. The van der Waals surface area contributed by atoms with Crippen LogP contribution in [0.3, 0.4) is 0 Å². The molecule has 3 aromatic carbocycles. The zero-order valence-electron chi connectivity index (χ0n) is 17.3. The molecule has 1 aliphatic heterocycles. The number of hydrogen-bond acceptors (Lipinski definition) is 5. The second-order valence-corrected chi connectivity index (χ2v) is 8.25. The summed E-state index contributed by atoms with van der Waals surface area (Å²) in [5.41, 5.74) is 2.89. The van der Waals surface area contributed by atoms with Gasteiger partial charge in [0.2, 0.25) is 6.79 Å². The Morgan fingerprint density at radius 1 is 0.875 bits per heavy atom. The largest absolute Gasteiger partial charge is 0.489 e. The SMILES string of the molecule is O=C(c1cc(COc2ccc3c(c2)OCO3)cs1)N(Cc1ccccc1)c1ccccc1. The first-order valence-corrected chi connectivity index (χ1v) is 11.1. The number of para-hydroxylation sites is 1. The predicted octanol–water partition coefficient (Wildman–Crippen LogP) is 5.90. The third-order valence-corrected chi connectivity index (χ3v) is 6.08. The molecule has 0 bridgehead atoms. The number of rotatable bonds is 7. The van der Waals surface area contributed by atoms with Crippen LogP contribution in [-0.4, -0.2) is 12.7 Å². The first kappa shape index (κ1) is 20.2. The van der Waals surface area contributed by atoms with Crippen molar-refractivity contribution in [3.63, 3.8) is 0 Å². The van der Waals surface area contributed by atoms with Gasteiger partial charge in [-0.05, 0) is 41.3 Å². The smallest absolute Gasteiger partial charge is 0.268 e. The van der Waals surface area contributed by atoms with Gasteiger partial charge in [-0.3, -0.25) is 4.79 Å². The Morgan fingerprint density at radius 2 is 1.62 bits per heavy atom. The van der Waals surface area contributed by atoms with Gasteiger partial charge in [0.15, 0.2) is 11.5 Å². The summed E-state index contributed by atoms with van der Waals surface area (Å²) in [6.45, 7) is 1.10. The number of carbonyl (C=O) groups is 1. The first-order chi connectivity index (χ1) is 15.8. The Kier molecular flexibility index (Phi) is 5.77. The van der Waals surface area contributed by atoms with Gasteiger partial charge in [0.1, 0.15) is 12.4 Å². The van der Waals surface area contributed by atoms with Gasteiger partial charge < -0.3 is 19.1 Å². The summed E-state index contributed by atoms with van der Waals surface area (Å²) in [6, 6.07) is 27.2. The zero-order valence-corrected chi connectivity index (χ0v) is 18.1. The molecule has 1 aliphatic rings. The number of nitrogens with zero attached hydrogens (tertiary/aromatic N) is 1. The van der Waals surface area contributed by atoms with Gasteiger partial charge in [0.25, 0.3) is 5.91 Å². The number of fused-ring (bicyclic) bond motifs is 1. The lowest BCUT2D eigenvalue weighted by atomic mass is 10.2. The maximum Gasteiger partial charge on any atom is 0.268 e. The molecule has 1 aromatic heterocycles. The van der Waals surface area contributed by atoms with E-state index >= 15 is 0 Å². The van der Waals surface area contributed by atoms with Crippen LogP contribution in [0.1, 0.15) is 20.8 Å². The van der Waals surface area contributed by atoms with E-state index in [1.54, 1.807) is 0 Å². The molecule has 0 radical (unpaired) electrons. The second-order valence-electron chi connectivity index (χ2n) is 7.34. The number of amides is 1. The molecule has 0 N–H and O–H groups in total. The molecule has 0 spiro atoms. The van der Waals surface area contributed by atoms with E-state index in [1.807, 2.05) is 95.2 Å². The highest BCUT2D eigenvalue weighted by Gasteiger charge is 2.20. The molecule has 5 rings (SSSR count). The van der Waals surface area contributed by atoms with Crippen molar-refractivity contribution in [2.75, 3.05) is 11.7 Å². The van der Waals surface area contributed by atoms with E-state index in [-0.39, 0.29) is 12.7 Å². The second kappa shape index (κ2) is 9.16. The highest BCUT2D eigenvalue weighted by Crippen LogP contribution is 2.35. The van der Waals surface area contributed by atoms with Crippen molar-refractivity contribution < 1.29 is 19.0 Å². The van der Waals surface area contributed by atoms with Crippen molar-refractivity contribution in [3.8, 4) is 17.2 Å². The summed E-state index contributed by atoms with van der Waals surface area (Å²) in [4.78, 5) is 15.9. The van der Waals surface area contributed by atoms with Gasteiger partial charge >= 0.3 is 0 Å². The van der Waals surface area contributed by atoms with Gasteiger partial charge in [-0.25, -0.2) is 0 Å². The van der Waals surface area contributed by atoms with Gasteiger partial charge in [0.05, 0.1) is 11.4 Å². The number of anilines is 1. The minimum atomic E-state index is -0.0283. The summed E-state index contributed by atoms with van der Waals surface area (Å²) >= 11 is 1.43. The topological polar surface area (TPSA) is 48.0 Å². The van der Waals surface area contributed by atoms with Crippen LogP contribution in [0.2, 0.25) is 0 Å². The van der Waals surface area contributed by atoms with Gasteiger partial charge in [-0.15, -0.1) is 11.3 Å². The van der Waals surface area contributed by atoms with Crippen molar-refractivity contribution >= 4 is 22.9 Å². The number of carbonyl (C=O) groups excluding carboxylic acids is 1. The van der Waals surface area contributed by atoms with Crippen LogP contribution in [0.25, 0.3) is 0 Å². The molecule has 2 heterocycles. The van der Waals surface area contributed by atoms with E-state index in [1.165, 1.54) is 11.3 Å². The fourth-order valence-corrected chi connectivity index (χ4v) is 4.33. The average Bonchev–Trinajstić information content (AvgIpc) is 3.51. The standard InChI is InChI=1S/C26H21NO4S/c28-26(27(21-9-5-2-6-10-21)15-19-7-3-1-4-8-19)25-13-20(17-32-25)16-29-22-11-12-23-24(14-22)31-18-30-23/h1-14,17H,15-16,18H2. The zero-order chi connectivity index (χ0) is 21.8. The molecule has 160 valence electrons. The number of hydrogen-bond donors (Lipinski definition) is 0. The molecule has 5 nitrogen and oxygen atoms in total. The Hall–Kier alpha value is -3.77. The van der Waals surface area contributed by atoms with Gasteiger partial charge in [-0.1, -0.05) is 48.5 Å². The molecular formula is C26H21NO4S. The third kappa shape index (κ3) is 4.45. The molecule has 1 amide bonds. The monoisotopic (exact) mass is 443 g/mol. The van der Waals surface area contributed by atoms with E-state index in [0.29, 0.717) is 29.5 Å². The molecule has 32 heavy (non-hydrogen) atoms. The fraction of sp³-hybridized carbons (Fsp3) is 0.115. The number of benzene rings is 3. The first-order valence-electron chi connectivity index (χ1n) is 10.3. The Balaban J connectivity index is 1.31. The average molecular weight is 444 g/mol. The fourth-order valence-electron chi connectivity index (χ4n) is 3.48. The maximum atomic E-state index is 13.4. The van der Waals surface area contributed by atoms with Crippen molar-refractivity contribution in [1.29, 1.82) is 0 Å². The van der Waals surface area contributed by atoms with Gasteiger partial charge in [-0.2, -0.15) is 0 Å². The summed E-state index contributed by atoms with van der Waals surface area (Å²) < 4.78 is 16.6. The Bertz CT molecular complexity index is 1210. The maximum absolute atomic E-state index is 13.4.